The summed E-state index contributed by atoms with van der Waals surface area (Å²) < 4.78 is 31.1. The van der Waals surface area contributed by atoms with E-state index in [1.807, 2.05) is 31.2 Å². The van der Waals surface area contributed by atoms with Crippen molar-refractivity contribution in [2.45, 2.75) is 32.6 Å². The molecule has 0 bridgehead atoms. The first-order valence-electron chi connectivity index (χ1n) is 9.68. The van der Waals surface area contributed by atoms with E-state index in [1.165, 1.54) is 22.5 Å². The van der Waals surface area contributed by atoms with Crippen molar-refractivity contribution in [3.05, 3.63) is 48.0 Å². The first kappa shape index (κ1) is 21.0. The van der Waals surface area contributed by atoms with E-state index in [9.17, 15) is 18.3 Å². The summed E-state index contributed by atoms with van der Waals surface area (Å²) in [6.07, 6.45) is 2.20. The van der Waals surface area contributed by atoms with Crippen LogP contribution in [0.15, 0.2) is 42.5 Å². The third kappa shape index (κ3) is 5.63. The Balaban J connectivity index is 1.48. The van der Waals surface area contributed by atoms with Gasteiger partial charge in [-0.2, -0.15) is 0 Å². The minimum atomic E-state index is -3.32. The molecular weight excluding hydrogens is 392 g/mol. The van der Waals surface area contributed by atoms with Crippen LogP contribution in [0.3, 0.4) is 0 Å². The summed E-state index contributed by atoms with van der Waals surface area (Å²) in [5, 5.41) is 12.7. The van der Waals surface area contributed by atoms with Gasteiger partial charge in [-0.3, -0.25) is 9.10 Å². The van der Waals surface area contributed by atoms with Gasteiger partial charge in [-0.1, -0.05) is 12.1 Å². The largest absolute Gasteiger partial charge is 0.506 e. The van der Waals surface area contributed by atoms with Crippen LogP contribution in [0.1, 0.15) is 31.2 Å². The first-order valence-corrected chi connectivity index (χ1v) is 11.3. The number of carbonyl (C=O) groups is 1. The Kier molecular flexibility index (Phi) is 6.64. The number of aryl methyl sites for hydroxylation is 1. The monoisotopic (exact) mass is 418 g/mol. The van der Waals surface area contributed by atoms with Crippen molar-refractivity contribution in [1.29, 1.82) is 0 Å². The number of nitrogens with one attached hydrogen (secondary N) is 1. The number of hydrogen-bond donors (Lipinski definition) is 2. The van der Waals surface area contributed by atoms with E-state index >= 15 is 0 Å². The summed E-state index contributed by atoms with van der Waals surface area (Å²) >= 11 is 0. The summed E-state index contributed by atoms with van der Waals surface area (Å²) in [5.74, 6) is 0.590. The maximum Gasteiger partial charge on any atom is 0.235 e. The second-order valence-corrected chi connectivity index (χ2v) is 9.13. The highest BCUT2D eigenvalue weighted by molar-refractivity contribution is 7.93. The van der Waals surface area contributed by atoms with Crippen LogP contribution in [0.2, 0.25) is 0 Å². The van der Waals surface area contributed by atoms with E-state index in [0.29, 0.717) is 31.7 Å². The third-order valence-corrected chi connectivity index (χ3v) is 6.57. The number of amides is 1. The van der Waals surface area contributed by atoms with E-state index in [0.717, 1.165) is 17.7 Å². The molecule has 0 saturated carbocycles. The van der Waals surface area contributed by atoms with Gasteiger partial charge in [0.15, 0.2) is 0 Å². The molecule has 0 spiro atoms. The average Bonchev–Trinajstić information content (AvgIpc) is 3.02. The van der Waals surface area contributed by atoms with Crippen LogP contribution in [0, 0.1) is 6.92 Å². The fourth-order valence-electron chi connectivity index (χ4n) is 3.20. The minimum absolute atomic E-state index is 0.0959. The predicted octanol–water partition coefficient (Wildman–Crippen LogP) is 3.43. The molecule has 8 heteroatoms. The lowest BCUT2D eigenvalue weighted by Crippen LogP contribution is -2.25. The van der Waals surface area contributed by atoms with Gasteiger partial charge in [0.25, 0.3) is 0 Å². The van der Waals surface area contributed by atoms with Crippen LogP contribution in [0.4, 0.5) is 11.4 Å². The maximum absolute atomic E-state index is 12.2. The lowest BCUT2D eigenvalue weighted by molar-refractivity contribution is -0.116. The van der Waals surface area contributed by atoms with Crippen LogP contribution in [0.25, 0.3) is 0 Å². The predicted molar refractivity (Wildman–Crippen MR) is 113 cm³/mol. The van der Waals surface area contributed by atoms with Gasteiger partial charge in [0.1, 0.15) is 11.5 Å². The van der Waals surface area contributed by atoms with Crippen LogP contribution in [0.5, 0.6) is 11.5 Å². The number of carbonyl (C=O) groups excluding carboxylic acids is 1. The Hall–Kier alpha value is -2.74. The van der Waals surface area contributed by atoms with Crippen LogP contribution in [-0.2, 0) is 14.8 Å². The lowest BCUT2D eigenvalue weighted by atomic mass is 10.2. The van der Waals surface area contributed by atoms with Crippen molar-refractivity contribution in [2.75, 3.05) is 28.5 Å². The van der Waals surface area contributed by atoms with Gasteiger partial charge < -0.3 is 15.2 Å². The lowest BCUT2D eigenvalue weighted by Gasteiger charge is -2.18. The maximum atomic E-state index is 12.2. The Bertz CT molecular complexity index is 975. The van der Waals surface area contributed by atoms with Gasteiger partial charge in [0.05, 0.1) is 23.7 Å². The number of anilines is 2. The molecule has 0 radical (unpaired) electrons. The molecule has 1 aliphatic rings. The number of phenols is 1. The molecule has 2 N–H and O–H groups in total. The number of hydrogen-bond acceptors (Lipinski definition) is 5. The standard InChI is InChI=1S/C21H26N2O5S/c1-16-6-4-7-18(14-16)28-12-3-2-8-21(25)22-19-15-17(9-10-20(19)24)23-11-5-13-29(23,26)27/h4,6-7,9-10,14-15,24H,2-3,5,8,11-13H2,1H3,(H,22,25). The van der Waals surface area contributed by atoms with Crippen molar-refractivity contribution in [3.63, 3.8) is 0 Å². The second kappa shape index (κ2) is 9.17. The molecule has 1 amide bonds. The molecule has 0 aliphatic carbocycles. The summed E-state index contributed by atoms with van der Waals surface area (Å²) in [6, 6.07) is 12.2. The topological polar surface area (TPSA) is 95.9 Å². The SMILES string of the molecule is Cc1cccc(OCCCCC(=O)Nc2cc(N3CCCS3(=O)=O)ccc2O)c1. The Morgan fingerprint density at radius 1 is 1.21 bits per heavy atom. The molecular formula is C21H26N2O5S. The zero-order chi connectivity index (χ0) is 20.9. The molecule has 1 aliphatic heterocycles. The summed E-state index contributed by atoms with van der Waals surface area (Å²) in [7, 11) is -3.32. The molecule has 1 heterocycles. The zero-order valence-corrected chi connectivity index (χ0v) is 17.2. The van der Waals surface area contributed by atoms with Gasteiger partial charge in [0, 0.05) is 13.0 Å². The molecule has 0 unspecified atom stereocenters. The van der Waals surface area contributed by atoms with Crippen molar-refractivity contribution >= 4 is 27.3 Å². The molecule has 0 atom stereocenters. The Morgan fingerprint density at radius 2 is 2.03 bits per heavy atom. The number of ether oxygens (including phenoxy) is 1. The number of sulfonamides is 1. The van der Waals surface area contributed by atoms with Crippen molar-refractivity contribution in [2.24, 2.45) is 0 Å². The van der Waals surface area contributed by atoms with E-state index < -0.39 is 10.0 Å². The molecule has 0 aromatic heterocycles. The van der Waals surface area contributed by atoms with Crippen molar-refractivity contribution in [3.8, 4) is 11.5 Å². The normalized spacial score (nSPS) is 15.3. The number of benzene rings is 2. The van der Waals surface area contributed by atoms with Gasteiger partial charge in [-0.25, -0.2) is 8.42 Å². The second-order valence-electron chi connectivity index (χ2n) is 7.11. The summed E-state index contributed by atoms with van der Waals surface area (Å²) in [4.78, 5) is 12.2. The van der Waals surface area contributed by atoms with E-state index in [2.05, 4.69) is 5.32 Å². The van der Waals surface area contributed by atoms with Gasteiger partial charge in [-0.15, -0.1) is 0 Å². The molecule has 1 fully saturated rings. The van der Waals surface area contributed by atoms with Gasteiger partial charge in [-0.05, 0) is 62.1 Å². The van der Waals surface area contributed by atoms with Crippen LogP contribution < -0.4 is 14.4 Å². The van der Waals surface area contributed by atoms with Gasteiger partial charge >= 0.3 is 0 Å². The molecule has 1 saturated heterocycles. The quantitative estimate of drug-likeness (QED) is 0.506. The highest BCUT2D eigenvalue weighted by Gasteiger charge is 2.28. The number of unbranched alkanes of at least 4 members (excludes halogenated alkanes) is 1. The Morgan fingerprint density at radius 3 is 2.76 bits per heavy atom. The van der Waals surface area contributed by atoms with Gasteiger partial charge in [0.2, 0.25) is 15.9 Å². The fourth-order valence-corrected chi connectivity index (χ4v) is 4.76. The Labute approximate surface area is 171 Å². The number of phenolic OH excluding ortho intramolecular Hbond substituents is 1. The molecule has 156 valence electrons. The number of aromatic hydroxyl groups is 1. The highest BCUT2D eigenvalue weighted by Crippen LogP contribution is 2.32. The van der Waals surface area contributed by atoms with Crippen LogP contribution in [-0.4, -0.2) is 38.3 Å². The molecule has 2 aromatic rings. The molecule has 3 rings (SSSR count). The highest BCUT2D eigenvalue weighted by atomic mass is 32.2. The average molecular weight is 419 g/mol. The third-order valence-electron chi connectivity index (χ3n) is 4.70. The fraction of sp³-hybridized carbons (Fsp3) is 0.381. The zero-order valence-electron chi connectivity index (χ0n) is 16.4. The summed E-state index contributed by atoms with van der Waals surface area (Å²) in [5.41, 5.74) is 1.79. The summed E-state index contributed by atoms with van der Waals surface area (Å²) in [6.45, 7) is 2.92. The van der Waals surface area contributed by atoms with E-state index in [4.69, 9.17) is 4.74 Å². The van der Waals surface area contributed by atoms with E-state index in [1.54, 1.807) is 0 Å². The number of rotatable bonds is 8. The molecule has 7 nitrogen and oxygen atoms in total. The smallest absolute Gasteiger partial charge is 0.235 e. The first-order chi connectivity index (χ1) is 13.8. The number of nitrogens with zero attached hydrogens (tertiary/aromatic N) is 1. The molecule has 29 heavy (non-hydrogen) atoms. The minimum Gasteiger partial charge on any atom is -0.506 e. The molecule has 2 aromatic carbocycles. The van der Waals surface area contributed by atoms with E-state index in [-0.39, 0.29) is 29.5 Å². The van der Waals surface area contributed by atoms with Crippen LogP contribution >= 0.6 is 0 Å². The van der Waals surface area contributed by atoms with Crippen molar-refractivity contribution in [1.82, 2.24) is 0 Å². The van der Waals surface area contributed by atoms with Crippen molar-refractivity contribution < 1.29 is 23.1 Å².